The maximum Gasteiger partial charge on any atom is 0.165 e. The molecule has 0 bridgehead atoms. The fraction of sp³-hybridized carbons (Fsp3) is 0.538. The van der Waals surface area contributed by atoms with Crippen molar-refractivity contribution in [1.82, 2.24) is 0 Å². The van der Waals surface area contributed by atoms with Crippen LogP contribution in [0.15, 0.2) is 18.2 Å². The van der Waals surface area contributed by atoms with Crippen LogP contribution in [0.2, 0.25) is 0 Å². The van der Waals surface area contributed by atoms with E-state index < -0.39 is 11.6 Å². The van der Waals surface area contributed by atoms with Crippen molar-refractivity contribution in [1.29, 1.82) is 0 Å². The molecule has 0 amide bonds. The smallest absolute Gasteiger partial charge is 0.165 e. The molecule has 0 N–H and O–H groups in total. The van der Waals surface area contributed by atoms with Crippen molar-refractivity contribution >= 4 is 15.9 Å². The van der Waals surface area contributed by atoms with Crippen molar-refractivity contribution in [3.8, 4) is 5.75 Å². The van der Waals surface area contributed by atoms with Crippen LogP contribution in [-0.4, -0.2) is 11.9 Å². The van der Waals surface area contributed by atoms with Crippen LogP contribution < -0.4 is 4.74 Å². The summed E-state index contributed by atoms with van der Waals surface area (Å²) in [5.74, 6) is -0.966. The summed E-state index contributed by atoms with van der Waals surface area (Å²) in [6.45, 7) is 0.443. The molecule has 94 valence electrons. The van der Waals surface area contributed by atoms with Gasteiger partial charge in [-0.15, -0.1) is 0 Å². The van der Waals surface area contributed by atoms with Crippen LogP contribution >= 0.6 is 15.9 Å². The molecule has 1 fully saturated rings. The number of ether oxygens (including phenoxy) is 1. The second kappa shape index (κ2) is 5.34. The summed E-state index contributed by atoms with van der Waals surface area (Å²) in [6.07, 6.45) is 4.52. The Bertz CT molecular complexity index is 389. The van der Waals surface area contributed by atoms with Gasteiger partial charge in [0.25, 0.3) is 0 Å². The van der Waals surface area contributed by atoms with Gasteiger partial charge in [0.2, 0.25) is 0 Å². The second-order valence-corrected chi connectivity index (χ2v) is 5.26. The van der Waals surface area contributed by atoms with E-state index in [1.54, 1.807) is 0 Å². The Kier molecular flexibility index (Phi) is 4.02. The standard InChI is InChI=1S/C13H15BrF2O/c14-8-13(5-1-2-6-13)9-17-12-7-10(15)3-4-11(12)16/h3-4,7H,1-2,5-6,8-9H2. The molecule has 1 aromatic carbocycles. The van der Waals surface area contributed by atoms with E-state index in [0.29, 0.717) is 6.61 Å². The number of hydrogen-bond acceptors (Lipinski definition) is 1. The monoisotopic (exact) mass is 304 g/mol. The molecular weight excluding hydrogens is 290 g/mol. The van der Waals surface area contributed by atoms with Gasteiger partial charge in [0.1, 0.15) is 5.82 Å². The maximum atomic E-state index is 13.4. The third-order valence-corrected chi connectivity index (χ3v) is 4.56. The number of hydrogen-bond donors (Lipinski definition) is 0. The van der Waals surface area contributed by atoms with E-state index in [2.05, 4.69) is 15.9 Å². The molecule has 0 radical (unpaired) electrons. The molecule has 1 aliphatic carbocycles. The third kappa shape index (κ3) is 2.97. The molecule has 1 aliphatic rings. The Hall–Kier alpha value is -0.640. The van der Waals surface area contributed by atoms with Crippen molar-refractivity contribution in [2.45, 2.75) is 25.7 Å². The first-order valence-corrected chi connectivity index (χ1v) is 6.91. The highest BCUT2D eigenvalue weighted by molar-refractivity contribution is 9.09. The van der Waals surface area contributed by atoms with E-state index in [4.69, 9.17) is 4.74 Å². The zero-order chi connectivity index (χ0) is 12.3. The molecule has 1 nitrogen and oxygen atoms in total. The van der Waals surface area contributed by atoms with Crippen LogP contribution in [0.25, 0.3) is 0 Å². The van der Waals surface area contributed by atoms with Gasteiger partial charge in [0.05, 0.1) is 6.61 Å². The lowest BCUT2D eigenvalue weighted by molar-refractivity contribution is 0.168. The molecular formula is C13H15BrF2O. The predicted molar refractivity (Wildman–Crippen MR) is 66.5 cm³/mol. The van der Waals surface area contributed by atoms with Gasteiger partial charge in [0.15, 0.2) is 11.6 Å². The summed E-state index contributed by atoms with van der Waals surface area (Å²) in [5, 5.41) is 0.844. The zero-order valence-corrected chi connectivity index (χ0v) is 11.1. The van der Waals surface area contributed by atoms with Crippen molar-refractivity contribution in [3.05, 3.63) is 29.8 Å². The van der Waals surface area contributed by atoms with Gasteiger partial charge in [-0.1, -0.05) is 28.8 Å². The molecule has 0 saturated heterocycles. The van der Waals surface area contributed by atoms with Gasteiger partial charge < -0.3 is 4.74 Å². The molecule has 0 aromatic heterocycles. The molecule has 1 aromatic rings. The van der Waals surface area contributed by atoms with Gasteiger partial charge in [0, 0.05) is 16.8 Å². The highest BCUT2D eigenvalue weighted by Crippen LogP contribution is 2.40. The van der Waals surface area contributed by atoms with Crippen molar-refractivity contribution < 1.29 is 13.5 Å². The molecule has 0 atom stereocenters. The molecule has 17 heavy (non-hydrogen) atoms. The highest BCUT2D eigenvalue weighted by atomic mass is 79.9. The average Bonchev–Trinajstić information content (AvgIpc) is 2.80. The van der Waals surface area contributed by atoms with Crippen LogP contribution in [-0.2, 0) is 0 Å². The normalized spacial score (nSPS) is 18.3. The van der Waals surface area contributed by atoms with E-state index in [9.17, 15) is 8.78 Å². The average molecular weight is 305 g/mol. The van der Waals surface area contributed by atoms with Gasteiger partial charge in [-0.3, -0.25) is 0 Å². The lowest BCUT2D eigenvalue weighted by atomic mass is 9.90. The Morgan fingerprint density at radius 2 is 1.94 bits per heavy atom. The minimum Gasteiger partial charge on any atom is -0.490 e. The van der Waals surface area contributed by atoms with Crippen LogP contribution in [0, 0.1) is 17.0 Å². The van der Waals surface area contributed by atoms with Gasteiger partial charge in [-0.05, 0) is 25.0 Å². The third-order valence-electron chi connectivity index (χ3n) is 3.37. The first kappa shape index (κ1) is 12.8. The Balaban J connectivity index is 2.03. The number of rotatable bonds is 4. The maximum absolute atomic E-state index is 13.4. The molecule has 1 saturated carbocycles. The summed E-state index contributed by atoms with van der Waals surface area (Å²) < 4.78 is 31.8. The zero-order valence-electron chi connectivity index (χ0n) is 9.52. The summed E-state index contributed by atoms with van der Waals surface area (Å²) in [4.78, 5) is 0. The predicted octanol–water partition coefficient (Wildman–Crippen LogP) is 4.30. The van der Waals surface area contributed by atoms with Gasteiger partial charge >= 0.3 is 0 Å². The number of benzene rings is 1. The van der Waals surface area contributed by atoms with Crippen LogP contribution in [0.4, 0.5) is 8.78 Å². The fourth-order valence-electron chi connectivity index (χ4n) is 2.26. The van der Waals surface area contributed by atoms with E-state index >= 15 is 0 Å². The molecule has 2 rings (SSSR count). The van der Waals surface area contributed by atoms with Crippen LogP contribution in [0.5, 0.6) is 5.75 Å². The van der Waals surface area contributed by atoms with Crippen molar-refractivity contribution in [3.63, 3.8) is 0 Å². The minimum absolute atomic E-state index is 0.0113. The molecule has 0 spiro atoms. The highest BCUT2D eigenvalue weighted by Gasteiger charge is 2.33. The quantitative estimate of drug-likeness (QED) is 0.754. The Morgan fingerprint density at radius 1 is 1.24 bits per heavy atom. The molecule has 0 unspecified atom stereocenters. The second-order valence-electron chi connectivity index (χ2n) is 4.70. The number of halogens is 3. The van der Waals surface area contributed by atoms with E-state index in [-0.39, 0.29) is 11.2 Å². The van der Waals surface area contributed by atoms with E-state index in [0.717, 1.165) is 36.4 Å². The van der Waals surface area contributed by atoms with Gasteiger partial charge in [-0.25, -0.2) is 8.78 Å². The topological polar surface area (TPSA) is 9.23 Å². The lowest BCUT2D eigenvalue weighted by Crippen LogP contribution is -2.27. The van der Waals surface area contributed by atoms with Gasteiger partial charge in [-0.2, -0.15) is 0 Å². The fourth-order valence-corrected chi connectivity index (χ4v) is 2.98. The van der Waals surface area contributed by atoms with E-state index in [1.807, 2.05) is 0 Å². The Labute approximate surface area is 108 Å². The van der Waals surface area contributed by atoms with E-state index in [1.165, 1.54) is 12.8 Å². The number of alkyl halides is 1. The minimum atomic E-state index is -0.505. The SMILES string of the molecule is Fc1ccc(F)c(OCC2(CBr)CCCC2)c1. The molecule has 0 heterocycles. The Morgan fingerprint density at radius 3 is 2.59 bits per heavy atom. The van der Waals surface area contributed by atoms with Crippen LogP contribution in [0.3, 0.4) is 0 Å². The first-order valence-electron chi connectivity index (χ1n) is 5.79. The van der Waals surface area contributed by atoms with Crippen molar-refractivity contribution in [2.75, 3.05) is 11.9 Å². The lowest BCUT2D eigenvalue weighted by Gasteiger charge is -2.26. The molecule has 0 aliphatic heterocycles. The summed E-state index contributed by atoms with van der Waals surface area (Å²) in [6, 6.07) is 3.30. The summed E-state index contributed by atoms with van der Waals surface area (Å²) in [7, 11) is 0. The largest absolute Gasteiger partial charge is 0.490 e. The summed E-state index contributed by atoms with van der Waals surface area (Å²) in [5.41, 5.74) is 0.0821. The molecule has 4 heteroatoms. The summed E-state index contributed by atoms with van der Waals surface area (Å²) >= 11 is 3.49. The van der Waals surface area contributed by atoms with Crippen LogP contribution in [0.1, 0.15) is 25.7 Å². The van der Waals surface area contributed by atoms with Crippen molar-refractivity contribution in [2.24, 2.45) is 5.41 Å². The first-order chi connectivity index (χ1) is 8.15.